The van der Waals surface area contributed by atoms with E-state index in [1.807, 2.05) is 0 Å². The first-order valence-corrected chi connectivity index (χ1v) is 5.53. The van der Waals surface area contributed by atoms with Crippen molar-refractivity contribution in [1.29, 1.82) is 0 Å². The lowest BCUT2D eigenvalue weighted by Crippen LogP contribution is -2.03. The van der Waals surface area contributed by atoms with Gasteiger partial charge in [0.25, 0.3) is 5.69 Å². The maximum Gasteiger partial charge on any atom is 0.446 e. The zero-order valence-electron chi connectivity index (χ0n) is 9.15. The van der Waals surface area contributed by atoms with Gasteiger partial charge in [0.15, 0.2) is 0 Å². The van der Waals surface area contributed by atoms with Gasteiger partial charge in [-0.15, -0.1) is 0 Å². The van der Waals surface area contributed by atoms with Crippen molar-refractivity contribution in [3.63, 3.8) is 0 Å². The monoisotopic (exact) mass is 279 g/mol. The molecule has 0 fully saturated rings. The average molecular weight is 279 g/mol. The van der Waals surface area contributed by atoms with Crippen LogP contribution < -0.4 is 0 Å². The SMILES string of the molecule is CC(=O)Cc1cc(SC(F)(F)F)ccc1[N+](=O)[O-]. The molecular formula is C10H8F3NO3S. The van der Waals surface area contributed by atoms with Gasteiger partial charge in [0.05, 0.1) is 4.92 Å². The number of rotatable bonds is 4. The molecular weight excluding hydrogens is 271 g/mol. The summed E-state index contributed by atoms with van der Waals surface area (Å²) < 4.78 is 36.5. The van der Waals surface area contributed by atoms with Crippen molar-refractivity contribution in [2.75, 3.05) is 0 Å². The maximum absolute atomic E-state index is 12.2. The fourth-order valence-corrected chi connectivity index (χ4v) is 1.95. The van der Waals surface area contributed by atoms with Gasteiger partial charge >= 0.3 is 5.51 Å². The average Bonchev–Trinajstić information content (AvgIpc) is 2.13. The largest absolute Gasteiger partial charge is 0.446 e. The number of benzene rings is 1. The zero-order chi connectivity index (χ0) is 13.9. The number of hydrogen-bond acceptors (Lipinski definition) is 4. The van der Waals surface area contributed by atoms with E-state index in [2.05, 4.69) is 0 Å². The molecule has 4 nitrogen and oxygen atoms in total. The number of nitro groups is 1. The summed E-state index contributed by atoms with van der Waals surface area (Å²) in [5, 5.41) is 10.7. The minimum absolute atomic E-state index is 0.0123. The van der Waals surface area contributed by atoms with E-state index >= 15 is 0 Å². The van der Waals surface area contributed by atoms with Crippen molar-refractivity contribution in [2.45, 2.75) is 23.7 Å². The fourth-order valence-electron chi connectivity index (χ4n) is 1.35. The minimum atomic E-state index is -4.47. The van der Waals surface area contributed by atoms with Crippen molar-refractivity contribution >= 4 is 23.2 Å². The molecule has 1 aromatic carbocycles. The van der Waals surface area contributed by atoms with Gasteiger partial charge in [-0.1, -0.05) is 0 Å². The Balaban J connectivity index is 3.12. The van der Waals surface area contributed by atoms with Gasteiger partial charge in [0, 0.05) is 22.9 Å². The number of alkyl halides is 3. The van der Waals surface area contributed by atoms with E-state index < -0.39 is 10.4 Å². The lowest BCUT2D eigenvalue weighted by molar-refractivity contribution is -0.385. The number of Topliss-reactive ketones (excluding diaryl/α,β-unsaturated/α-hetero) is 1. The van der Waals surface area contributed by atoms with E-state index in [0.717, 1.165) is 18.2 Å². The minimum Gasteiger partial charge on any atom is -0.300 e. The molecule has 18 heavy (non-hydrogen) atoms. The molecule has 0 aliphatic carbocycles. The van der Waals surface area contributed by atoms with Crippen LogP contribution >= 0.6 is 11.8 Å². The predicted octanol–water partition coefficient (Wildman–Crippen LogP) is 3.34. The van der Waals surface area contributed by atoms with Crippen LogP contribution in [0, 0.1) is 10.1 Å². The fraction of sp³-hybridized carbons (Fsp3) is 0.300. The van der Waals surface area contributed by atoms with Gasteiger partial charge in [-0.2, -0.15) is 13.2 Å². The Bertz CT molecular complexity index is 488. The second-order valence-electron chi connectivity index (χ2n) is 3.47. The summed E-state index contributed by atoms with van der Waals surface area (Å²) in [5.41, 5.74) is -4.83. The number of halogens is 3. The van der Waals surface area contributed by atoms with Gasteiger partial charge in [0.2, 0.25) is 0 Å². The molecule has 1 rings (SSSR count). The molecule has 98 valence electrons. The molecule has 1 aromatic rings. The maximum atomic E-state index is 12.2. The highest BCUT2D eigenvalue weighted by atomic mass is 32.2. The third-order valence-corrected chi connectivity index (χ3v) is 2.64. The highest BCUT2D eigenvalue weighted by Gasteiger charge is 2.30. The molecule has 0 aromatic heterocycles. The molecule has 0 atom stereocenters. The van der Waals surface area contributed by atoms with Crippen molar-refractivity contribution < 1.29 is 22.9 Å². The van der Waals surface area contributed by atoms with Crippen LogP contribution in [-0.2, 0) is 11.2 Å². The summed E-state index contributed by atoms with van der Waals surface area (Å²) in [4.78, 5) is 20.7. The van der Waals surface area contributed by atoms with Crippen molar-refractivity contribution in [3.8, 4) is 0 Å². The predicted molar refractivity (Wildman–Crippen MR) is 59.4 cm³/mol. The summed E-state index contributed by atoms with van der Waals surface area (Å²) in [5.74, 6) is -0.354. The van der Waals surface area contributed by atoms with Crippen LogP contribution in [0.15, 0.2) is 23.1 Å². The zero-order valence-corrected chi connectivity index (χ0v) is 9.97. The first-order valence-electron chi connectivity index (χ1n) is 4.71. The van der Waals surface area contributed by atoms with Crippen LogP contribution in [0.2, 0.25) is 0 Å². The molecule has 0 N–H and O–H groups in total. The smallest absolute Gasteiger partial charge is 0.300 e. The molecule has 0 saturated carbocycles. The molecule has 0 aliphatic heterocycles. The van der Waals surface area contributed by atoms with Gasteiger partial charge in [-0.25, -0.2) is 0 Å². The van der Waals surface area contributed by atoms with E-state index in [-0.39, 0.29) is 40.1 Å². The third-order valence-electron chi connectivity index (χ3n) is 1.92. The van der Waals surface area contributed by atoms with Crippen LogP contribution in [0.4, 0.5) is 18.9 Å². The Hall–Kier alpha value is -1.57. The second-order valence-corrected chi connectivity index (χ2v) is 4.61. The Morgan fingerprint density at radius 1 is 1.44 bits per heavy atom. The molecule has 0 bridgehead atoms. The van der Waals surface area contributed by atoms with Gasteiger partial charge in [-0.05, 0) is 30.8 Å². The molecule has 0 radical (unpaired) electrons. The Kier molecular flexibility index (Phi) is 4.33. The van der Waals surface area contributed by atoms with E-state index in [4.69, 9.17) is 0 Å². The standard InChI is InChI=1S/C10H8F3NO3S/c1-6(15)4-7-5-8(18-10(11,12)13)2-3-9(7)14(16)17/h2-3,5H,4H2,1H3. The number of carbonyl (C=O) groups excluding carboxylic acids is 1. The van der Waals surface area contributed by atoms with Crippen LogP contribution in [0.25, 0.3) is 0 Å². The number of ketones is 1. The van der Waals surface area contributed by atoms with E-state index in [0.29, 0.717) is 0 Å². The normalized spacial score (nSPS) is 11.3. The van der Waals surface area contributed by atoms with Crippen molar-refractivity contribution in [2.24, 2.45) is 0 Å². The molecule has 0 saturated heterocycles. The number of nitrogens with zero attached hydrogens (tertiary/aromatic N) is 1. The van der Waals surface area contributed by atoms with Crippen LogP contribution in [0.3, 0.4) is 0 Å². The molecule has 0 aliphatic rings. The van der Waals surface area contributed by atoms with Crippen LogP contribution in [-0.4, -0.2) is 16.2 Å². The number of carbonyl (C=O) groups is 1. The van der Waals surface area contributed by atoms with Gasteiger partial charge in [0.1, 0.15) is 5.78 Å². The number of nitro benzene ring substituents is 1. The topological polar surface area (TPSA) is 60.2 Å². The lowest BCUT2D eigenvalue weighted by atomic mass is 10.1. The first-order chi connectivity index (χ1) is 8.19. The first kappa shape index (κ1) is 14.5. The van der Waals surface area contributed by atoms with E-state index in [1.165, 1.54) is 6.92 Å². The molecule has 0 heterocycles. The Morgan fingerprint density at radius 2 is 2.06 bits per heavy atom. The third kappa shape index (κ3) is 4.36. The second kappa shape index (κ2) is 5.38. The summed E-state index contributed by atoms with van der Waals surface area (Å²) in [6.45, 7) is 1.22. The number of thioether (sulfide) groups is 1. The van der Waals surface area contributed by atoms with E-state index in [9.17, 15) is 28.1 Å². The molecule has 0 unspecified atom stereocenters. The highest BCUT2D eigenvalue weighted by Crippen LogP contribution is 2.38. The van der Waals surface area contributed by atoms with Gasteiger partial charge < -0.3 is 0 Å². The lowest BCUT2D eigenvalue weighted by Gasteiger charge is -2.07. The summed E-state index contributed by atoms with van der Waals surface area (Å²) in [6, 6.07) is 3.02. The van der Waals surface area contributed by atoms with Crippen LogP contribution in [0.1, 0.15) is 12.5 Å². The molecule has 0 spiro atoms. The highest BCUT2D eigenvalue weighted by molar-refractivity contribution is 8.00. The van der Waals surface area contributed by atoms with Gasteiger partial charge in [-0.3, -0.25) is 14.9 Å². The Morgan fingerprint density at radius 3 is 2.50 bits per heavy atom. The number of hydrogen-bond donors (Lipinski definition) is 0. The summed E-state index contributed by atoms with van der Waals surface area (Å²) in [6.07, 6.45) is -0.261. The van der Waals surface area contributed by atoms with E-state index in [1.54, 1.807) is 0 Å². The molecule has 8 heteroatoms. The van der Waals surface area contributed by atoms with Crippen molar-refractivity contribution in [3.05, 3.63) is 33.9 Å². The summed E-state index contributed by atoms with van der Waals surface area (Å²) >= 11 is -0.371. The summed E-state index contributed by atoms with van der Waals surface area (Å²) in [7, 11) is 0. The quantitative estimate of drug-likeness (QED) is 0.482. The Labute approximate surface area is 104 Å². The molecule has 0 amide bonds. The van der Waals surface area contributed by atoms with Crippen LogP contribution in [0.5, 0.6) is 0 Å². The van der Waals surface area contributed by atoms with Crippen molar-refractivity contribution in [1.82, 2.24) is 0 Å².